The van der Waals surface area contributed by atoms with Crippen LogP contribution < -0.4 is 4.72 Å². The standard InChI is InChI=1S/C12H16ClNO4S/c1-9-12(15,5-6-18-9)8-14-19(16,17)11-4-2-3-10(13)7-11/h2-4,7,9,14-15H,5-6,8H2,1H3. The fraction of sp³-hybridized carbons (Fsp3) is 0.500. The number of nitrogens with one attached hydrogen (secondary N) is 1. The van der Waals surface area contributed by atoms with Crippen molar-refractivity contribution < 1.29 is 18.3 Å². The maximum absolute atomic E-state index is 12.1. The summed E-state index contributed by atoms with van der Waals surface area (Å²) in [6, 6.07) is 5.98. The molecule has 2 rings (SSSR count). The van der Waals surface area contributed by atoms with E-state index in [1.54, 1.807) is 19.1 Å². The third-order valence-corrected chi connectivity index (χ3v) is 4.97. The van der Waals surface area contributed by atoms with Gasteiger partial charge >= 0.3 is 0 Å². The van der Waals surface area contributed by atoms with Gasteiger partial charge in [0.05, 0.1) is 11.0 Å². The Bertz CT molecular complexity index is 563. The summed E-state index contributed by atoms with van der Waals surface area (Å²) in [5, 5.41) is 10.6. The summed E-state index contributed by atoms with van der Waals surface area (Å²) in [5.74, 6) is 0. The molecular weight excluding hydrogens is 290 g/mol. The fourth-order valence-electron chi connectivity index (χ4n) is 1.94. The first-order valence-electron chi connectivity index (χ1n) is 5.93. The molecule has 0 amide bonds. The number of hydrogen-bond donors (Lipinski definition) is 2. The molecule has 2 N–H and O–H groups in total. The Morgan fingerprint density at radius 3 is 2.89 bits per heavy atom. The van der Waals surface area contributed by atoms with Crippen LogP contribution in [0, 0.1) is 0 Å². The molecule has 0 bridgehead atoms. The molecule has 0 saturated carbocycles. The zero-order valence-corrected chi connectivity index (χ0v) is 12.0. The molecule has 7 heteroatoms. The van der Waals surface area contributed by atoms with E-state index in [9.17, 15) is 13.5 Å². The highest BCUT2D eigenvalue weighted by Gasteiger charge is 2.40. The second-order valence-electron chi connectivity index (χ2n) is 4.65. The minimum Gasteiger partial charge on any atom is -0.386 e. The Labute approximate surface area is 117 Å². The Hall–Kier alpha value is -0.660. The predicted octanol–water partition coefficient (Wildman–Crippen LogP) is 1.16. The topological polar surface area (TPSA) is 75.6 Å². The smallest absolute Gasteiger partial charge is 0.240 e. The Morgan fingerprint density at radius 2 is 2.32 bits per heavy atom. The van der Waals surface area contributed by atoms with E-state index in [2.05, 4.69) is 4.72 Å². The molecule has 1 aromatic carbocycles. The second-order valence-corrected chi connectivity index (χ2v) is 6.85. The number of sulfonamides is 1. The van der Waals surface area contributed by atoms with Crippen LogP contribution >= 0.6 is 11.6 Å². The van der Waals surface area contributed by atoms with Gasteiger partial charge in [0.15, 0.2) is 0 Å². The van der Waals surface area contributed by atoms with Crippen molar-refractivity contribution in [2.24, 2.45) is 0 Å². The summed E-state index contributed by atoms with van der Waals surface area (Å²) in [4.78, 5) is 0.0789. The molecule has 0 aromatic heterocycles. The highest BCUT2D eigenvalue weighted by atomic mass is 35.5. The molecule has 2 atom stereocenters. The van der Waals surface area contributed by atoms with Crippen LogP contribution in [-0.4, -0.2) is 38.4 Å². The van der Waals surface area contributed by atoms with Crippen molar-refractivity contribution in [1.82, 2.24) is 4.72 Å². The zero-order valence-electron chi connectivity index (χ0n) is 10.5. The van der Waals surface area contributed by atoms with E-state index in [0.29, 0.717) is 18.1 Å². The molecule has 19 heavy (non-hydrogen) atoms. The third-order valence-electron chi connectivity index (χ3n) is 3.33. The van der Waals surface area contributed by atoms with Crippen LogP contribution in [0.1, 0.15) is 13.3 Å². The van der Waals surface area contributed by atoms with Gasteiger partial charge in [-0.2, -0.15) is 0 Å². The first kappa shape index (κ1) is 14.7. The van der Waals surface area contributed by atoms with Crippen LogP contribution in [0.4, 0.5) is 0 Å². The summed E-state index contributed by atoms with van der Waals surface area (Å²) >= 11 is 5.77. The summed E-state index contributed by atoms with van der Waals surface area (Å²) in [6.45, 7) is 2.07. The van der Waals surface area contributed by atoms with Crippen molar-refractivity contribution >= 4 is 21.6 Å². The summed E-state index contributed by atoms with van der Waals surface area (Å²) in [7, 11) is -3.68. The number of hydrogen-bond acceptors (Lipinski definition) is 4. The van der Waals surface area contributed by atoms with Gasteiger partial charge in [0.1, 0.15) is 5.60 Å². The molecule has 106 valence electrons. The number of benzene rings is 1. The molecule has 1 aromatic rings. The second kappa shape index (κ2) is 5.38. The molecule has 2 unspecified atom stereocenters. The van der Waals surface area contributed by atoms with E-state index >= 15 is 0 Å². The average molecular weight is 306 g/mol. The number of rotatable bonds is 4. The minimum atomic E-state index is -3.68. The lowest BCUT2D eigenvalue weighted by atomic mass is 9.97. The van der Waals surface area contributed by atoms with Gasteiger partial charge in [-0.25, -0.2) is 13.1 Å². The molecule has 0 aliphatic carbocycles. The molecular formula is C12H16ClNO4S. The summed E-state index contributed by atoms with van der Waals surface area (Å²) in [5.41, 5.74) is -1.16. The van der Waals surface area contributed by atoms with E-state index in [-0.39, 0.29) is 11.4 Å². The lowest BCUT2D eigenvalue weighted by Crippen LogP contribution is -2.47. The Balaban J connectivity index is 2.10. The van der Waals surface area contributed by atoms with Crippen molar-refractivity contribution in [1.29, 1.82) is 0 Å². The van der Waals surface area contributed by atoms with E-state index in [1.807, 2.05) is 0 Å². The lowest BCUT2D eigenvalue weighted by molar-refractivity contribution is -0.0228. The van der Waals surface area contributed by atoms with Crippen molar-refractivity contribution in [3.05, 3.63) is 29.3 Å². The number of aliphatic hydroxyl groups is 1. The van der Waals surface area contributed by atoms with Crippen LogP contribution in [0.15, 0.2) is 29.2 Å². The average Bonchev–Trinajstić information content (AvgIpc) is 2.68. The first-order chi connectivity index (χ1) is 8.83. The SMILES string of the molecule is CC1OCCC1(O)CNS(=O)(=O)c1cccc(Cl)c1. The van der Waals surface area contributed by atoms with E-state index < -0.39 is 21.7 Å². The van der Waals surface area contributed by atoms with Gasteiger partial charge < -0.3 is 9.84 Å². The van der Waals surface area contributed by atoms with Gasteiger partial charge in [-0.15, -0.1) is 0 Å². The molecule has 1 aliphatic rings. The van der Waals surface area contributed by atoms with Gasteiger partial charge in [0, 0.05) is 24.6 Å². The van der Waals surface area contributed by atoms with Gasteiger partial charge in [-0.3, -0.25) is 0 Å². The number of ether oxygens (including phenoxy) is 1. The van der Waals surface area contributed by atoms with Crippen LogP contribution in [-0.2, 0) is 14.8 Å². The third kappa shape index (κ3) is 3.27. The monoisotopic (exact) mass is 305 g/mol. The van der Waals surface area contributed by atoms with Gasteiger partial charge in [-0.05, 0) is 25.1 Å². The predicted molar refractivity (Wildman–Crippen MR) is 71.6 cm³/mol. The van der Waals surface area contributed by atoms with Crippen LogP contribution in [0.3, 0.4) is 0 Å². The molecule has 1 heterocycles. The zero-order chi connectivity index (χ0) is 14.1. The molecule has 5 nitrogen and oxygen atoms in total. The summed E-state index contributed by atoms with van der Waals surface area (Å²) in [6.07, 6.45) is 0.0150. The van der Waals surface area contributed by atoms with Crippen molar-refractivity contribution in [3.8, 4) is 0 Å². The van der Waals surface area contributed by atoms with Crippen LogP contribution in [0.5, 0.6) is 0 Å². The normalized spacial score (nSPS) is 27.6. The highest BCUT2D eigenvalue weighted by molar-refractivity contribution is 7.89. The molecule has 0 radical (unpaired) electrons. The molecule has 0 spiro atoms. The quantitative estimate of drug-likeness (QED) is 0.875. The van der Waals surface area contributed by atoms with Crippen LogP contribution in [0.25, 0.3) is 0 Å². The Morgan fingerprint density at radius 1 is 1.58 bits per heavy atom. The first-order valence-corrected chi connectivity index (χ1v) is 7.79. The van der Waals surface area contributed by atoms with Crippen molar-refractivity contribution in [3.63, 3.8) is 0 Å². The Kier molecular flexibility index (Phi) is 4.17. The number of halogens is 1. The highest BCUT2D eigenvalue weighted by Crippen LogP contribution is 2.25. The lowest BCUT2D eigenvalue weighted by Gasteiger charge is -2.26. The van der Waals surface area contributed by atoms with E-state index in [0.717, 1.165) is 0 Å². The molecule has 1 aliphatic heterocycles. The molecule has 1 saturated heterocycles. The largest absolute Gasteiger partial charge is 0.386 e. The van der Waals surface area contributed by atoms with Gasteiger partial charge in [0.2, 0.25) is 10.0 Å². The molecule has 1 fully saturated rings. The van der Waals surface area contributed by atoms with Gasteiger partial charge in [-0.1, -0.05) is 17.7 Å². The van der Waals surface area contributed by atoms with Crippen molar-refractivity contribution in [2.75, 3.05) is 13.2 Å². The minimum absolute atomic E-state index is 0.0789. The maximum atomic E-state index is 12.1. The van der Waals surface area contributed by atoms with Gasteiger partial charge in [0.25, 0.3) is 0 Å². The summed E-state index contributed by atoms with van der Waals surface area (Å²) < 4.78 is 31.8. The maximum Gasteiger partial charge on any atom is 0.240 e. The fourth-order valence-corrected chi connectivity index (χ4v) is 3.34. The van der Waals surface area contributed by atoms with Crippen molar-refractivity contribution in [2.45, 2.75) is 29.9 Å². The van der Waals surface area contributed by atoms with E-state index in [4.69, 9.17) is 16.3 Å². The van der Waals surface area contributed by atoms with Crippen LogP contribution in [0.2, 0.25) is 5.02 Å². The van der Waals surface area contributed by atoms with E-state index in [1.165, 1.54) is 12.1 Å².